The van der Waals surface area contributed by atoms with Crippen LogP contribution >= 0.6 is 0 Å². The summed E-state index contributed by atoms with van der Waals surface area (Å²) in [5, 5.41) is 0. The average molecular weight is 191 g/mol. The number of pyridine rings is 1. The molecule has 0 bridgehead atoms. The Balaban J connectivity index is 2.14. The highest BCUT2D eigenvalue weighted by Crippen LogP contribution is 2.32. The van der Waals surface area contributed by atoms with E-state index in [9.17, 15) is 0 Å². The topological polar surface area (TPSA) is 64.9 Å². The van der Waals surface area contributed by atoms with Crippen LogP contribution in [0.15, 0.2) is 18.5 Å². The average Bonchev–Trinajstić information content (AvgIpc) is 2.18. The molecule has 1 aliphatic rings. The summed E-state index contributed by atoms with van der Waals surface area (Å²) in [4.78, 5) is 4.12. The molecule has 0 aliphatic heterocycles. The van der Waals surface area contributed by atoms with Crippen LogP contribution in [0.4, 0.5) is 5.69 Å². The zero-order valence-corrected chi connectivity index (χ0v) is 8.32. The van der Waals surface area contributed by atoms with Crippen molar-refractivity contribution < 1.29 is 0 Å². The van der Waals surface area contributed by atoms with Crippen LogP contribution in [0.3, 0.4) is 0 Å². The monoisotopic (exact) mass is 191 g/mol. The SMILES string of the molecule is Nc1cncc(C2CCCC(N)C2)c1. The Morgan fingerprint density at radius 1 is 1.29 bits per heavy atom. The Labute approximate surface area is 84.5 Å². The van der Waals surface area contributed by atoms with Crippen LogP contribution < -0.4 is 11.5 Å². The van der Waals surface area contributed by atoms with Gasteiger partial charge in [-0.1, -0.05) is 6.42 Å². The second-order valence-corrected chi connectivity index (χ2v) is 4.18. The Bertz CT molecular complexity index is 311. The van der Waals surface area contributed by atoms with Crippen LogP contribution in [0.2, 0.25) is 0 Å². The van der Waals surface area contributed by atoms with Gasteiger partial charge in [0.15, 0.2) is 0 Å². The van der Waals surface area contributed by atoms with Crippen LogP contribution in [0.5, 0.6) is 0 Å². The first-order valence-electron chi connectivity index (χ1n) is 5.21. The van der Waals surface area contributed by atoms with Gasteiger partial charge in [-0.3, -0.25) is 4.98 Å². The number of rotatable bonds is 1. The van der Waals surface area contributed by atoms with E-state index in [2.05, 4.69) is 4.98 Å². The second kappa shape index (κ2) is 3.96. The van der Waals surface area contributed by atoms with E-state index in [1.165, 1.54) is 18.4 Å². The molecule has 1 aromatic rings. The van der Waals surface area contributed by atoms with E-state index in [1.54, 1.807) is 6.20 Å². The minimum absolute atomic E-state index is 0.357. The molecule has 0 spiro atoms. The standard InChI is InChI=1S/C11H17N3/c12-10-3-1-2-8(4-10)9-5-11(13)7-14-6-9/h5-8,10H,1-4,12-13H2. The van der Waals surface area contributed by atoms with Crippen molar-refractivity contribution in [2.75, 3.05) is 5.73 Å². The van der Waals surface area contributed by atoms with Crippen molar-refractivity contribution in [3.63, 3.8) is 0 Å². The molecule has 1 aliphatic carbocycles. The van der Waals surface area contributed by atoms with Gasteiger partial charge in [-0.05, 0) is 36.8 Å². The quantitative estimate of drug-likeness (QED) is 0.709. The molecule has 1 heterocycles. The van der Waals surface area contributed by atoms with Gasteiger partial charge in [0.25, 0.3) is 0 Å². The molecular weight excluding hydrogens is 174 g/mol. The third kappa shape index (κ3) is 2.04. The lowest BCUT2D eigenvalue weighted by Crippen LogP contribution is -2.26. The van der Waals surface area contributed by atoms with Crippen LogP contribution in [0.1, 0.15) is 37.2 Å². The maximum Gasteiger partial charge on any atom is 0.0503 e. The molecule has 0 saturated heterocycles. The van der Waals surface area contributed by atoms with Crippen molar-refractivity contribution in [2.45, 2.75) is 37.6 Å². The Morgan fingerprint density at radius 3 is 2.86 bits per heavy atom. The molecule has 2 atom stereocenters. The smallest absolute Gasteiger partial charge is 0.0503 e. The summed E-state index contributed by atoms with van der Waals surface area (Å²) in [6.07, 6.45) is 8.28. The lowest BCUT2D eigenvalue weighted by Gasteiger charge is -2.26. The van der Waals surface area contributed by atoms with E-state index < -0.39 is 0 Å². The van der Waals surface area contributed by atoms with E-state index in [-0.39, 0.29) is 0 Å². The maximum atomic E-state index is 5.95. The fraction of sp³-hybridized carbons (Fsp3) is 0.545. The molecule has 0 radical (unpaired) electrons. The number of nitrogens with two attached hydrogens (primary N) is 2. The highest BCUT2D eigenvalue weighted by Gasteiger charge is 2.20. The molecule has 3 heteroatoms. The summed E-state index contributed by atoms with van der Waals surface area (Å²) in [5.41, 5.74) is 13.7. The first kappa shape index (κ1) is 9.46. The van der Waals surface area contributed by atoms with Gasteiger partial charge in [0.1, 0.15) is 0 Å². The van der Waals surface area contributed by atoms with Crippen molar-refractivity contribution in [1.82, 2.24) is 4.98 Å². The van der Waals surface area contributed by atoms with E-state index in [0.717, 1.165) is 18.5 Å². The zero-order valence-electron chi connectivity index (χ0n) is 8.32. The fourth-order valence-electron chi connectivity index (χ4n) is 2.23. The van der Waals surface area contributed by atoms with E-state index in [4.69, 9.17) is 11.5 Å². The Morgan fingerprint density at radius 2 is 2.14 bits per heavy atom. The molecular formula is C11H17N3. The summed E-state index contributed by atoms with van der Waals surface area (Å²) in [6, 6.07) is 2.38. The predicted octanol–water partition coefficient (Wildman–Crippen LogP) is 1.65. The first-order chi connectivity index (χ1) is 6.75. The maximum absolute atomic E-state index is 5.95. The number of anilines is 1. The second-order valence-electron chi connectivity index (χ2n) is 4.18. The molecule has 0 amide bonds. The van der Waals surface area contributed by atoms with Crippen LogP contribution in [0.25, 0.3) is 0 Å². The molecule has 2 unspecified atom stereocenters. The lowest BCUT2D eigenvalue weighted by atomic mass is 9.82. The van der Waals surface area contributed by atoms with Crippen molar-refractivity contribution in [3.05, 3.63) is 24.0 Å². The summed E-state index contributed by atoms with van der Waals surface area (Å²) in [7, 11) is 0. The summed E-state index contributed by atoms with van der Waals surface area (Å²) in [5.74, 6) is 0.565. The van der Waals surface area contributed by atoms with Crippen LogP contribution in [0, 0.1) is 0 Å². The van der Waals surface area contributed by atoms with Crippen molar-refractivity contribution >= 4 is 5.69 Å². The van der Waals surface area contributed by atoms with Gasteiger partial charge >= 0.3 is 0 Å². The molecule has 4 N–H and O–H groups in total. The van der Waals surface area contributed by atoms with Gasteiger partial charge < -0.3 is 11.5 Å². The van der Waals surface area contributed by atoms with Crippen LogP contribution in [-0.4, -0.2) is 11.0 Å². The molecule has 3 nitrogen and oxygen atoms in total. The number of hydrogen-bond acceptors (Lipinski definition) is 3. The largest absolute Gasteiger partial charge is 0.397 e. The Kier molecular flexibility index (Phi) is 2.68. The molecule has 1 fully saturated rings. The molecule has 1 saturated carbocycles. The van der Waals surface area contributed by atoms with E-state index in [1.807, 2.05) is 12.3 Å². The normalized spacial score (nSPS) is 27.5. The third-order valence-electron chi connectivity index (χ3n) is 2.97. The number of nitrogens with zero attached hydrogens (tertiary/aromatic N) is 1. The highest BCUT2D eigenvalue weighted by atomic mass is 14.7. The highest BCUT2D eigenvalue weighted by molar-refractivity contribution is 5.38. The number of hydrogen-bond donors (Lipinski definition) is 2. The predicted molar refractivity (Wildman–Crippen MR) is 57.8 cm³/mol. The van der Waals surface area contributed by atoms with E-state index >= 15 is 0 Å². The molecule has 1 aromatic heterocycles. The zero-order chi connectivity index (χ0) is 9.97. The summed E-state index contributed by atoms with van der Waals surface area (Å²) < 4.78 is 0. The van der Waals surface area contributed by atoms with Crippen molar-refractivity contribution in [3.8, 4) is 0 Å². The van der Waals surface area contributed by atoms with Gasteiger partial charge in [0, 0.05) is 18.4 Å². The van der Waals surface area contributed by atoms with Crippen molar-refractivity contribution in [2.24, 2.45) is 5.73 Å². The molecule has 0 aromatic carbocycles. The van der Waals surface area contributed by atoms with Gasteiger partial charge in [0.05, 0.1) is 5.69 Å². The fourth-order valence-corrected chi connectivity index (χ4v) is 2.23. The number of nitrogen functional groups attached to an aromatic ring is 1. The molecule has 14 heavy (non-hydrogen) atoms. The summed E-state index contributed by atoms with van der Waals surface area (Å²) in [6.45, 7) is 0. The van der Waals surface area contributed by atoms with Gasteiger partial charge in [-0.15, -0.1) is 0 Å². The van der Waals surface area contributed by atoms with Crippen LogP contribution in [-0.2, 0) is 0 Å². The van der Waals surface area contributed by atoms with Gasteiger partial charge in [-0.25, -0.2) is 0 Å². The molecule has 2 rings (SSSR count). The third-order valence-corrected chi connectivity index (χ3v) is 2.97. The minimum Gasteiger partial charge on any atom is -0.397 e. The van der Waals surface area contributed by atoms with Crippen molar-refractivity contribution in [1.29, 1.82) is 0 Å². The minimum atomic E-state index is 0.357. The van der Waals surface area contributed by atoms with E-state index in [0.29, 0.717) is 12.0 Å². The van der Waals surface area contributed by atoms with Gasteiger partial charge in [0.2, 0.25) is 0 Å². The first-order valence-corrected chi connectivity index (χ1v) is 5.21. The number of aromatic nitrogens is 1. The van der Waals surface area contributed by atoms with Gasteiger partial charge in [-0.2, -0.15) is 0 Å². The lowest BCUT2D eigenvalue weighted by molar-refractivity contribution is 0.393. The summed E-state index contributed by atoms with van der Waals surface area (Å²) >= 11 is 0. The molecule has 76 valence electrons. The Hall–Kier alpha value is -1.09.